The number of β-lactam (4-membered cyclic amide) rings is 1. The number of carbonyl (C=O) groups is 1. The number of hydrogen-bond acceptors (Lipinski definition) is 2. The van der Waals surface area contributed by atoms with Crippen molar-refractivity contribution < 1.29 is 4.79 Å². The van der Waals surface area contributed by atoms with Crippen LogP contribution >= 0.6 is 0 Å². The lowest BCUT2D eigenvalue weighted by molar-refractivity contribution is -0.181. The smallest absolute Gasteiger partial charge is 0.231 e. The molecule has 2 saturated carbocycles. The summed E-state index contributed by atoms with van der Waals surface area (Å²) in [6.45, 7) is 4.49. The molecule has 3 nitrogen and oxygen atoms in total. The molecule has 25 heavy (non-hydrogen) atoms. The van der Waals surface area contributed by atoms with Crippen LogP contribution in [-0.4, -0.2) is 41.9 Å². The maximum Gasteiger partial charge on any atom is 0.231 e. The molecule has 2 heterocycles. The number of nitrogens with zero attached hydrogens (tertiary/aromatic N) is 2. The van der Waals surface area contributed by atoms with Gasteiger partial charge in [-0.2, -0.15) is 0 Å². The second-order valence-corrected chi connectivity index (χ2v) is 8.97. The Morgan fingerprint density at radius 3 is 2.20 bits per heavy atom. The lowest BCUT2D eigenvalue weighted by Gasteiger charge is -2.59. The van der Waals surface area contributed by atoms with Gasteiger partial charge < -0.3 is 9.80 Å². The minimum absolute atomic E-state index is 0.105. The van der Waals surface area contributed by atoms with Crippen LogP contribution in [0, 0.1) is 17.3 Å². The Kier molecular flexibility index (Phi) is 3.89. The molecule has 1 aromatic rings. The van der Waals surface area contributed by atoms with Gasteiger partial charge in [0, 0.05) is 13.1 Å². The predicted molar refractivity (Wildman–Crippen MR) is 99.1 cm³/mol. The zero-order valence-electron chi connectivity index (χ0n) is 15.2. The number of carbonyl (C=O) groups excluding carboxylic acids is 1. The summed E-state index contributed by atoms with van der Waals surface area (Å²) in [6, 6.07) is 11.1. The Morgan fingerprint density at radius 1 is 0.920 bits per heavy atom. The number of amides is 1. The van der Waals surface area contributed by atoms with Crippen molar-refractivity contribution in [1.82, 2.24) is 9.80 Å². The molecule has 2 saturated heterocycles. The summed E-state index contributed by atoms with van der Waals surface area (Å²) in [5.74, 6) is 2.16. The third kappa shape index (κ3) is 2.71. The van der Waals surface area contributed by atoms with Crippen molar-refractivity contribution in [3.63, 3.8) is 0 Å². The van der Waals surface area contributed by atoms with Crippen LogP contribution < -0.4 is 0 Å². The van der Waals surface area contributed by atoms with Crippen LogP contribution in [0.3, 0.4) is 0 Å². The van der Waals surface area contributed by atoms with Crippen LogP contribution in [0.1, 0.15) is 56.6 Å². The van der Waals surface area contributed by atoms with Crippen molar-refractivity contribution in [2.75, 3.05) is 26.2 Å². The molecule has 4 fully saturated rings. The van der Waals surface area contributed by atoms with Gasteiger partial charge in [-0.1, -0.05) is 36.8 Å². The van der Waals surface area contributed by atoms with Gasteiger partial charge in [0.05, 0.1) is 11.5 Å². The van der Waals surface area contributed by atoms with E-state index in [0.717, 1.165) is 44.3 Å². The fraction of sp³-hybridized carbons (Fsp3) is 0.682. The molecule has 2 aliphatic heterocycles. The monoisotopic (exact) mass is 338 g/mol. The fourth-order valence-corrected chi connectivity index (χ4v) is 5.32. The van der Waals surface area contributed by atoms with Gasteiger partial charge in [0.1, 0.15) is 0 Å². The number of likely N-dealkylation sites (tertiary alicyclic amines) is 2. The number of rotatable bonds is 5. The van der Waals surface area contributed by atoms with E-state index in [1.165, 1.54) is 44.2 Å². The predicted octanol–water partition coefficient (Wildman–Crippen LogP) is 3.86. The normalized spacial score (nSPS) is 29.5. The van der Waals surface area contributed by atoms with Crippen molar-refractivity contribution >= 4 is 5.91 Å². The van der Waals surface area contributed by atoms with E-state index in [9.17, 15) is 4.79 Å². The van der Waals surface area contributed by atoms with Gasteiger partial charge in [-0.05, 0) is 69.0 Å². The van der Waals surface area contributed by atoms with Gasteiger partial charge in [-0.25, -0.2) is 0 Å². The van der Waals surface area contributed by atoms with Crippen molar-refractivity contribution in [3.05, 3.63) is 35.9 Å². The molecule has 4 aliphatic rings. The van der Waals surface area contributed by atoms with Gasteiger partial charge in [0.25, 0.3) is 0 Å². The quantitative estimate of drug-likeness (QED) is 0.761. The van der Waals surface area contributed by atoms with Gasteiger partial charge in [0.15, 0.2) is 0 Å². The van der Waals surface area contributed by atoms with Gasteiger partial charge in [-0.3, -0.25) is 4.79 Å². The van der Waals surface area contributed by atoms with Crippen LogP contribution in [0.15, 0.2) is 30.3 Å². The zero-order chi connectivity index (χ0) is 16.9. The Hall–Kier alpha value is -1.35. The molecule has 1 amide bonds. The third-order valence-corrected chi connectivity index (χ3v) is 7.28. The van der Waals surface area contributed by atoms with E-state index in [0.29, 0.717) is 11.9 Å². The summed E-state index contributed by atoms with van der Waals surface area (Å²) < 4.78 is 0. The molecule has 2 aliphatic carbocycles. The van der Waals surface area contributed by atoms with Crippen LogP contribution in [0.25, 0.3) is 0 Å². The van der Waals surface area contributed by atoms with Crippen molar-refractivity contribution in [1.29, 1.82) is 0 Å². The molecule has 0 N–H and O–H groups in total. The van der Waals surface area contributed by atoms with E-state index in [4.69, 9.17) is 0 Å². The second-order valence-electron chi connectivity index (χ2n) is 8.97. The van der Waals surface area contributed by atoms with Gasteiger partial charge >= 0.3 is 0 Å². The highest BCUT2D eigenvalue weighted by atomic mass is 16.2. The van der Waals surface area contributed by atoms with Crippen LogP contribution in [-0.2, 0) is 4.79 Å². The van der Waals surface area contributed by atoms with Gasteiger partial charge in [0.2, 0.25) is 5.91 Å². The summed E-state index contributed by atoms with van der Waals surface area (Å²) in [5, 5.41) is 0. The number of hydrogen-bond donors (Lipinski definition) is 0. The standard InChI is InChI=1S/C22H30N2O/c25-21-22(11-13-23(14-12-22)15-17-5-4-6-17)20(19-7-2-1-3-8-19)24(21)16-18-9-10-18/h1-3,7-8,17-18,20H,4-6,9-16H2. The minimum atomic E-state index is -0.105. The van der Waals surface area contributed by atoms with Crippen molar-refractivity contribution in [3.8, 4) is 0 Å². The highest BCUT2D eigenvalue weighted by Crippen LogP contribution is 2.57. The lowest BCUT2D eigenvalue weighted by Crippen LogP contribution is -2.66. The Bertz CT molecular complexity index is 627. The zero-order valence-corrected chi connectivity index (χ0v) is 15.2. The first kappa shape index (κ1) is 15.9. The van der Waals surface area contributed by atoms with E-state index in [1.54, 1.807) is 0 Å². The molecule has 0 radical (unpaired) electrons. The Morgan fingerprint density at radius 2 is 1.60 bits per heavy atom. The molecular formula is C22H30N2O. The molecule has 1 aromatic carbocycles. The first-order valence-corrected chi connectivity index (χ1v) is 10.3. The van der Waals surface area contributed by atoms with Crippen molar-refractivity contribution in [2.24, 2.45) is 17.3 Å². The summed E-state index contributed by atoms with van der Waals surface area (Å²) in [4.78, 5) is 18.0. The molecule has 0 bridgehead atoms. The fourth-order valence-electron chi connectivity index (χ4n) is 5.32. The first-order chi connectivity index (χ1) is 12.3. The minimum Gasteiger partial charge on any atom is -0.334 e. The van der Waals surface area contributed by atoms with Crippen molar-refractivity contribution in [2.45, 2.75) is 51.0 Å². The van der Waals surface area contributed by atoms with E-state index >= 15 is 0 Å². The molecule has 1 unspecified atom stereocenters. The summed E-state index contributed by atoms with van der Waals surface area (Å²) in [6.07, 6.45) is 9.00. The average Bonchev–Trinajstić information content (AvgIpc) is 3.43. The van der Waals surface area contributed by atoms with E-state index in [1.807, 2.05) is 0 Å². The van der Waals surface area contributed by atoms with Crippen LogP contribution in [0.4, 0.5) is 0 Å². The topological polar surface area (TPSA) is 23.6 Å². The third-order valence-electron chi connectivity index (χ3n) is 7.28. The van der Waals surface area contributed by atoms with Gasteiger partial charge in [-0.15, -0.1) is 0 Å². The first-order valence-electron chi connectivity index (χ1n) is 10.3. The summed E-state index contributed by atoms with van der Waals surface area (Å²) in [7, 11) is 0. The SMILES string of the molecule is O=C1N(CC2CC2)C(c2ccccc2)C12CCN(CC1CCC1)CC2. The molecule has 5 rings (SSSR count). The second kappa shape index (κ2) is 6.12. The van der Waals surface area contributed by atoms with Crippen LogP contribution in [0.2, 0.25) is 0 Å². The number of piperidine rings is 1. The highest BCUT2D eigenvalue weighted by molar-refractivity contribution is 5.91. The Labute approximate surface area is 151 Å². The maximum absolute atomic E-state index is 13.2. The van der Waals surface area contributed by atoms with Crippen LogP contribution in [0.5, 0.6) is 0 Å². The lowest BCUT2D eigenvalue weighted by atomic mass is 9.62. The maximum atomic E-state index is 13.2. The summed E-state index contributed by atoms with van der Waals surface area (Å²) in [5.41, 5.74) is 1.25. The molecule has 0 aromatic heterocycles. The largest absolute Gasteiger partial charge is 0.334 e. The molecule has 1 atom stereocenters. The Balaban J connectivity index is 1.33. The van der Waals surface area contributed by atoms with E-state index in [-0.39, 0.29) is 5.41 Å². The average molecular weight is 338 g/mol. The number of benzene rings is 1. The highest BCUT2D eigenvalue weighted by Gasteiger charge is 2.61. The van der Waals surface area contributed by atoms with E-state index < -0.39 is 0 Å². The molecule has 134 valence electrons. The molecular weight excluding hydrogens is 308 g/mol. The molecule has 3 heteroatoms. The van der Waals surface area contributed by atoms with E-state index in [2.05, 4.69) is 40.1 Å². The molecule has 1 spiro atoms. The summed E-state index contributed by atoms with van der Waals surface area (Å²) >= 11 is 0.